The zero-order valence-corrected chi connectivity index (χ0v) is 18.0. The lowest BCUT2D eigenvalue weighted by molar-refractivity contribution is -0.150. The number of imidazole rings is 1. The summed E-state index contributed by atoms with van der Waals surface area (Å²) in [6.07, 6.45) is -1.10. The van der Waals surface area contributed by atoms with E-state index in [1.165, 1.54) is 18.0 Å². The minimum absolute atomic E-state index is 0.0372. The molecule has 0 spiro atoms. The predicted octanol–water partition coefficient (Wildman–Crippen LogP) is 4.23. The molecule has 0 aliphatic carbocycles. The number of halogens is 2. The average molecular weight is 456 g/mol. The zero-order valence-electron chi connectivity index (χ0n) is 18.0. The minimum Gasteiger partial charge on any atom is -0.461 e. The smallest absolute Gasteiger partial charge is 0.354 e. The summed E-state index contributed by atoms with van der Waals surface area (Å²) in [6, 6.07) is 14.3. The van der Waals surface area contributed by atoms with Crippen molar-refractivity contribution in [3.8, 4) is 0 Å². The summed E-state index contributed by atoms with van der Waals surface area (Å²) in [5.74, 6) is -1.42. The molecule has 172 valence electrons. The molecule has 2 atom stereocenters. The quantitative estimate of drug-likeness (QED) is 0.495. The van der Waals surface area contributed by atoms with Gasteiger partial charge in [-0.1, -0.05) is 30.3 Å². The fourth-order valence-electron chi connectivity index (χ4n) is 3.71. The highest BCUT2D eigenvalue weighted by Crippen LogP contribution is 2.30. The number of ether oxygens (including phenoxy) is 2. The van der Waals surface area contributed by atoms with Crippen LogP contribution in [-0.4, -0.2) is 39.9 Å². The zero-order chi connectivity index (χ0) is 23.5. The lowest BCUT2D eigenvalue weighted by atomic mass is 10.1. The molecule has 10 heteroatoms. The first kappa shape index (κ1) is 22.4. The van der Waals surface area contributed by atoms with Gasteiger partial charge in [-0.3, -0.25) is 9.58 Å². The molecule has 0 saturated heterocycles. The van der Waals surface area contributed by atoms with Crippen LogP contribution in [0.3, 0.4) is 0 Å². The summed E-state index contributed by atoms with van der Waals surface area (Å²) in [4.78, 5) is 29.6. The summed E-state index contributed by atoms with van der Waals surface area (Å²) in [6.45, 7) is 0.455. The Bertz CT molecular complexity index is 1200. The summed E-state index contributed by atoms with van der Waals surface area (Å²) >= 11 is 0. The number of para-hydroxylation sites is 3. The Morgan fingerprint density at radius 3 is 2.52 bits per heavy atom. The largest absolute Gasteiger partial charge is 0.461 e. The van der Waals surface area contributed by atoms with E-state index >= 15 is 0 Å². The number of nitrogens with zero attached hydrogens (tertiary/aromatic N) is 4. The van der Waals surface area contributed by atoms with Gasteiger partial charge in [-0.15, -0.1) is 0 Å². The van der Waals surface area contributed by atoms with Gasteiger partial charge >= 0.3 is 18.5 Å². The number of rotatable bonds is 7. The Balaban J connectivity index is 1.60. The van der Waals surface area contributed by atoms with E-state index in [9.17, 15) is 18.4 Å². The summed E-state index contributed by atoms with van der Waals surface area (Å²) in [5.41, 5.74) is 1.27. The van der Waals surface area contributed by atoms with Crippen molar-refractivity contribution in [1.82, 2.24) is 9.55 Å². The number of hydrogen-bond acceptors (Lipinski definition) is 7. The first-order valence-corrected chi connectivity index (χ1v) is 10.4. The molecule has 0 amide bonds. The number of alkyl halides is 2. The molecule has 2 unspecified atom stereocenters. The standard InChI is InChI=1S/C23H22F2N4O4/c1-3-32-21(30)17-13-19(29(27-17)15-9-5-4-6-10-15)22(31)33-14(2)20-26-16-11-7-8-12-18(16)28(20)23(24)25/h4-12,14,19,23H,3,13H2,1-2H3. The van der Waals surface area contributed by atoms with E-state index in [1.54, 1.807) is 55.5 Å². The van der Waals surface area contributed by atoms with Gasteiger partial charge in [-0.05, 0) is 38.1 Å². The third-order valence-corrected chi connectivity index (χ3v) is 5.19. The van der Waals surface area contributed by atoms with Crippen molar-refractivity contribution in [3.63, 3.8) is 0 Å². The number of anilines is 1. The summed E-state index contributed by atoms with van der Waals surface area (Å²) < 4.78 is 38.9. The molecule has 0 N–H and O–H groups in total. The number of esters is 2. The van der Waals surface area contributed by atoms with E-state index in [2.05, 4.69) is 10.1 Å². The van der Waals surface area contributed by atoms with E-state index in [0.717, 1.165) is 4.57 Å². The molecule has 8 nitrogen and oxygen atoms in total. The Hall–Kier alpha value is -3.82. The molecule has 1 aliphatic rings. The van der Waals surface area contributed by atoms with Gasteiger partial charge in [0.15, 0.2) is 18.0 Å². The van der Waals surface area contributed by atoms with Crippen LogP contribution in [0.1, 0.15) is 38.7 Å². The number of hydrazone groups is 1. The van der Waals surface area contributed by atoms with E-state index in [1.807, 2.05) is 0 Å². The van der Waals surface area contributed by atoms with Crippen LogP contribution in [0, 0.1) is 0 Å². The summed E-state index contributed by atoms with van der Waals surface area (Å²) in [5, 5.41) is 5.66. The second-order valence-electron chi connectivity index (χ2n) is 7.35. The molecule has 0 radical (unpaired) electrons. The van der Waals surface area contributed by atoms with Crippen LogP contribution < -0.4 is 5.01 Å². The van der Waals surface area contributed by atoms with Crippen LogP contribution in [0.15, 0.2) is 59.7 Å². The second kappa shape index (κ2) is 9.35. The van der Waals surface area contributed by atoms with Crippen LogP contribution in [0.4, 0.5) is 14.5 Å². The SMILES string of the molecule is CCOC(=O)C1=NN(c2ccccc2)C(C(=O)OC(C)c2nc3ccccc3n2C(F)F)C1. The Morgan fingerprint density at radius 2 is 1.82 bits per heavy atom. The normalized spacial score (nSPS) is 16.7. The lowest BCUT2D eigenvalue weighted by Crippen LogP contribution is -2.37. The predicted molar refractivity (Wildman–Crippen MR) is 117 cm³/mol. The molecular weight excluding hydrogens is 434 g/mol. The molecule has 3 aromatic rings. The maximum Gasteiger partial charge on any atom is 0.354 e. The minimum atomic E-state index is -2.86. The molecule has 0 bridgehead atoms. The van der Waals surface area contributed by atoms with E-state index < -0.39 is 30.6 Å². The molecule has 0 fully saturated rings. The average Bonchev–Trinajstić information content (AvgIpc) is 3.42. The maximum atomic E-state index is 13.8. The highest BCUT2D eigenvalue weighted by atomic mass is 19.3. The van der Waals surface area contributed by atoms with Crippen molar-refractivity contribution in [2.24, 2.45) is 5.10 Å². The molecule has 1 aliphatic heterocycles. The van der Waals surface area contributed by atoms with Crippen molar-refractivity contribution < 1.29 is 27.8 Å². The Morgan fingerprint density at radius 1 is 1.12 bits per heavy atom. The lowest BCUT2D eigenvalue weighted by Gasteiger charge is -2.24. The third kappa shape index (κ3) is 4.41. The Kier molecular flexibility index (Phi) is 6.34. The molecule has 2 aromatic carbocycles. The molecule has 4 rings (SSSR count). The number of hydrogen-bond donors (Lipinski definition) is 0. The fourth-order valence-corrected chi connectivity index (χ4v) is 3.71. The molecule has 2 heterocycles. The number of carbonyl (C=O) groups is 2. The van der Waals surface area contributed by atoms with Gasteiger partial charge in [-0.25, -0.2) is 14.6 Å². The van der Waals surface area contributed by atoms with Crippen LogP contribution in [0.25, 0.3) is 11.0 Å². The molecular formula is C23H22F2N4O4. The van der Waals surface area contributed by atoms with E-state index in [-0.39, 0.29) is 30.1 Å². The molecule has 33 heavy (non-hydrogen) atoms. The van der Waals surface area contributed by atoms with Gasteiger partial charge in [0.25, 0.3) is 0 Å². The van der Waals surface area contributed by atoms with Crippen molar-refractivity contribution in [2.45, 2.75) is 39.0 Å². The molecule has 0 saturated carbocycles. The van der Waals surface area contributed by atoms with Gasteiger partial charge < -0.3 is 9.47 Å². The van der Waals surface area contributed by atoms with Gasteiger partial charge in [0.1, 0.15) is 5.71 Å². The highest BCUT2D eigenvalue weighted by Gasteiger charge is 2.39. The third-order valence-electron chi connectivity index (χ3n) is 5.19. The first-order chi connectivity index (χ1) is 15.9. The number of carbonyl (C=O) groups excluding carboxylic acids is 2. The number of fused-ring (bicyclic) bond motifs is 1. The number of aromatic nitrogens is 2. The van der Waals surface area contributed by atoms with Gasteiger partial charge in [0.2, 0.25) is 0 Å². The van der Waals surface area contributed by atoms with Crippen molar-refractivity contribution in [3.05, 3.63) is 60.4 Å². The van der Waals surface area contributed by atoms with Crippen LogP contribution >= 0.6 is 0 Å². The molecule has 1 aromatic heterocycles. The van der Waals surface area contributed by atoms with Gasteiger partial charge in [0.05, 0.1) is 23.3 Å². The van der Waals surface area contributed by atoms with Gasteiger partial charge in [0, 0.05) is 6.42 Å². The first-order valence-electron chi connectivity index (χ1n) is 10.4. The van der Waals surface area contributed by atoms with Crippen molar-refractivity contribution in [2.75, 3.05) is 11.6 Å². The van der Waals surface area contributed by atoms with Crippen LogP contribution in [0.5, 0.6) is 0 Å². The highest BCUT2D eigenvalue weighted by molar-refractivity contribution is 6.38. The van der Waals surface area contributed by atoms with Crippen LogP contribution in [0.2, 0.25) is 0 Å². The number of benzene rings is 2. The summed E-state index contributed by atoms with van der Waals surface area (Å²) in [7, 11) is 0. The van der Waals surface area contributed by atoms with Crippen molar-refractivity contribution in [1.29, 1.82) is 0 Å². The van der Waals surface area contributed by atoms with Crippen molar-refractivity contribution >= 4 is 34.4 Å². The fraction of sp³-hybridized carbons (Fsp3) is 0.304. The topological polar surface area (TPSA) is 86.0 Å². The van der Waals surface area contributed by atoms with E-state index in [0.29, 0.717) is 11.2 Å². The monoisotopic (exact) mass is 456 g/mol. The van der Waals surface area contributed by atoms with Gasteiger partial charge in [-0.2, -0.15) is 13.9 Å². The van der Waals surface area contributed by atoms with Crippen LogP contribution in [-0.2, 0) is 19.1 Å². The second-order valence-corrected chi connectivity index (χ2v) is 7.35. The Labute approximate surface area is 188 Å². The maximum absolute atomic E-state index is 13.8. The van der Waals surface area contributed by atoms with E-state index in [4.69, 9.17) is 9.47 Å².